The number of carbonyl (C=O) groups excluding carboxylic acids is 1. The van der Waals surface area contributed by atoms with Crippen molar-refractivity contribution in [2.45, 2.75) is 13.0 Å². The molecule has 0 unspecified atom stereocenters. The van der Waals surface area contributed by atoms with Gasteiger partial charge < -0.3 is 16.0 Å². The van der Waals surface area contributed by atoms with Gasteiger partial charge in [0.15, 0.2) is 5.13 Å². The van der Waals surface area contributed by atoms with Crippen LogP contribution in [0.4, 0.5) is 5.13 Å². The third-order valence-electron chi connectivity index (χ3n) is 5.07. The zero-order chi connectivity index (χ0) is 16.0. The summed E-state index contributed by atoms with van der Waals surface area (Å²) < 4.78 is 0. The first-order valence-corrected chi connectivity index (χ1v) is 8.75. The van der Waals surface area contributed by atoms with Crippen LogP contribution in [0.3, 0.4) is 0 Å². The van der Waals surface area contributed by atoms with E-state index in [4.69, 9.17) is 5.73 Å². The molecule has 5 nitrogen and oxygen atoms in total. The number of amides is 1. The van der Waals surface area contributed by atoms with E-state index in [0.29, 0.717) is 21.8 Å². The molecule has 1 amide bonds. The molecule has 0 aliphatic carbocycles. The van der Waals surface area contributed by atoms with Gasteiger partial charge in [-0.1, -0.05) is 35.6 Å². The number of carbonyl (C=O) groups is 1. The summed E-state index contributed by atoms with van der Waals surface area (Å²) in [6, 6.07) is 8.52. The monoisotopic (exact) mass is 328 g/mol. The first kappa shape index (κ1) is 14.7. The number of nitrogens with zero attached hydrogens (tertiary/aromatic N) is 2. The molecule has 2 aliphatic heterocycles. The molecule has 2 saturated heterocycles. The third kappa shape index (κ3) is 2.42. The van der Waals surface area contributed by atoms with Gasteiger partial charge in [-0.3, -0.25) is 4.79 Å². The molecule has 0 radical (unpaired) electrons. The highest BCUT2D eigenvalue weighted by atomic mass is 32.1. The van der Waals surface area contributed by atoms with E-state index in [1.807, 2.05) is 11.0 Å². The van der Waals surface area contributed by atoms with Crippen LogP contribution in [0.1, 0.15) is 26.8 Å². The highest BCUT2D eigenvalue weighted by Crippen LogP contribution is 2.44. The lowest BCUT2D eigenvalue weighted by Gasteiger charge is -2.29. The van der Waals surface area contributed by atoms with Crippen LogP contribution in [0.2, 0.25) is 0 Å². The Labute approximate surface area is 139 Å². The molecule has 0 saturated carbocycles. The van der Waals surface area contributed by atoms with Crippen molar-refractivity contribution in [3.05, 3.63) is 46.5 Å². The second-order valence-electron chi connectivity index (χ2n) is 6.40. The van der Waals surface area contributed by atoms with Crippen molar-refractivity contribution in [1.29, 1.82) is 0 Å². The average Bonchev–Trinajstić information content (AvgIpc) is 3.22. The van der Waals surface area contributed by atoms with Crippen LogP contribution < -0.4 is 11.1 Å². The van der Waals surface area contributed by atoms with Crippen LogP contribution in [0.5, 0.6) is 0 Å². The Morgan fingerprint density at radius 3 is 2.96 bits per heavy atom. The van der Waals surface area contributed by atoms with Gasteiger partial charge in [-0.25, -0.2) is 4.98 Å². The molecule has 6 heteroatoms. The van der Waals surface area contributed by atoms with E-state index in [9.17, 15) is 4.79 Å². The SMILES string of the molecule is Cc1ccccc1[C@H]1[C@H]2CNC[C@H]2CN1C(=O)c1cnc(N)s1. The first-order chi connectivity index (χ1) is 11.1. The number of fused-ring (bicyclic) bond motifs is 1. The molecule has 3 N–H and O–H groups in total. The van der Waals surface area contributed by atoms with E-state index in [-0.39, 0.29) is 11.9 Å². The van der Waals surface area contributed by atoms with Gasteiger partial charge >= 0.3 is 0 Å². The molecule has 1 aromatic carbocycles. The number of benzene rings is 1. The maximum Gasteiger partial charge on any atom is 0.266 e. The Morgan fingerprint density at radius 1 is 1.39 bits per heavy atom. The Hall–Kier alpha value is -1.92. The minimum atomic E-state index is 0.0573. The van der Waals surface area contributed by atoms with Gasteiger partial charge in [0.1, 0.15) is 4.88 Å². The molecule has 3 atom stereocenters. The summed E-state index contributed by atoms with van der Waals surface area (Å²) in [5, 5.41) is 3.93. The summed E-state index contributed by atoms with van der Waals surface area (Å²) in [7, 11) is 0. The minimum Gasteiger partial charge on any atom is -0.375 e. The number of aryl methyl sites for hydroxylation is 1. The van der Waals surface area contributed by atoms with Crippen LogP contribution in [-0.2, 0) is 0 Å². The predicted molar refractivity (Wildman–Crippen MR) is 91.3 cm³/mol. The number of hydrogen-bond donors (Lipinski definition) is 2. The Balaban J connectivity index is 1.73. The van der Waals surface area contributed by atoms with Crippen molar-refractivity contribution in [2.24, 2.45) is 11.8 Å². The summed E-state index contributed by atoms with van der Waals surface area (Å²) in [4.78, 5) is 19.7. The fourth-order valence-electron chi connectivity index (χ4n) is 3.97. The third-order valence-corrected chi connectivity index (χ3v) is 5.88. The van der Waals surface area contributed by atoms with Crippen LogP contribution in [0, 0.1) is 18.8 Å². The van der Waals surface area contributed by atoms with Crippen molar-refractivity contribution in [3.8, 4) is 0 Å². The van der Waals surface area contributed by atoms with Gasteiger partial charge in [-0.15, -0.1) is 0 Å². The number of hydrogen-bond acceptors (Lipinski definition) is 5. The number of nitrogen functional groups attached to an aromatic ring is 1. The maximum absolute atomic E-state index is 13.0. The fraction of sp³-hybridized carbons (Fsp3) is 0.412. The van der Waals surface area contributed by atoms with E-state index in [1.54, 1.807) is 6.20 Å². The van der Waals surface area contributed by atoms with E-state index in [2.05, 4.69) is 35.4 Å². The standard InChI is InChI=1S/C17H20N4OS/c1-10-4-2-3-5-12(10)15-13-7-19-6-11(13)9-21(15)16(22)14-8-20-17(18)23-14/h2-5,8,11,13,15,19H,6-7,9H2,1H3,(H2,18,20)/t11-,13-,15-/m0/s1. The van der Waals surface area contributed by atoms with Crippen molar-refractivity contribution in [3.63, 3.8) is 0 Å². The average molecular weight is 328 g/mol. The van der Waals surface area contributed by atoms with Gasteiger partial charge in [0.2, 0.25) is 0 Å². The number of nitrogens with one attached hydrogen (secondary N) is 1. The molecule has 120 valence electrons. The minimum absolute atomic E-state index is 0.0573. The summed E-state index contributed by atoms with van der Waals surface area (Å²) in [5.74, 6) is 1.06. The lowest BCUT2D eigenvalue weighted by atomic mass is 9.87. The van der Waals surface area contributed by atoms with Crippen LogP contribution >= 0.6 is 11.3 Å². The molecule has 4 rings (SSSR count). The zero-order valence-corrected chi connectivity index (χ0v) is 13.8. The Bertz CT molecular complexity index is 744. The van der Waals surface area contributed by atoms with Crippen molar-refractivity contribution in [1.82, 2.24) is 15.2 Å². The van der Waals surface area contributed by atoms with Crippen molar-refractivity contribution < 1.29 is 4.79 Å². The molecular formula is C17H20N4OS. The lowest BCUT2D eigenvalue weighted by Crippen LogP contribution is -2.34. The van der Waals surface area contributed by atoms with Crippen LogP contribution in [-0.4, -0.2) is 35.4 Å². The normalized spacial score (nSPS) is 26.5. The molecule has 3 heterocycles. The predicted octanol–water partition coefficient (Wildman–Crippen LogP) is 2.07. The fourth-order valence-corrected chi connectivity index (χ4v) is 4.62. The summed E-state index contributed by atoms with van der Waals surface area (Å²) in [5.41, 5.74) is 8.20. The topological polar surface area (TPSA) is 71.2 Å². The molecule has 0 bridgehead atoms. The second kappa shape index (κ2) is 5.62. The number of aromatic nitrogens is 1. The molecule has 0 spiro atoms. The Morgan fingerprint density at radius 2 is 2.22 bits per heavy atom. The summed E-state index contributed by atoms with van der Waals surface area (Å²) in [6.45, 7) is 4.88. The lowest BCUT2D eigenvalue weighted by molar-refractivity contribution is 0.0718. The molecule has 1 aromatic heterocycles. The highest BCUT2D eigenvalue weighted by Gasteiger charge is 2.47. The van der Waals surface area contributed by atoms with Gasteiger partial charge in [0.25, 0.3) is 5.91 Å². The van der Waals surface area contributed by atoms with Gasteiger partial charge in [-0.2, -0.15) is 0 Å². The first-order valence-electron chi connectivity index (χ1n) is 7.93. The van der Waals surface area contributed by atoms with Gasteiger partial charge in [0, 0.05) is 25.6 Å². The molecule has 2 aliphatic rings. The van der Waals surface area contributed by atoms with Crippen LogP contribution in [0.15, 0.2) is 30.5 Å². The van der Waals surface area contributed by atoms with Gasteiger partial charge in [0.05, 0.1) is 12.2 Å². The van der Waals surface area contributed by atoms with Crippen molar-refractivity contribution >= 4 is 22.4 Å². The zero-order valence-electron chi connectivity index (χ0n) is 13.0. The summed E-state index contributed by atoms with van der Waals surface area (Å²) >= 11 is 1.27. The van der Waals surface area contributed by atoms with Gasteiger partial charge in [-0.05, 0) is 24.0 Å². The number of nitrogens with two attached hydrogens (primary N) is 1. The summed E-state index contributed by atoms with van der Waals surface area (Å²) in [6.07, 6.45) is 1.60. The highest BCUT2D eigenvalue weighted by molar-refractivity contribution is 7.17. The smallest absolute Gasteiger partial charge is 0.266 e. The van der Waals surface area contributed by atoms with E-state index >= 15 is 0 Å². The number of thiazole rings is 1. The molecule has 23 heavy (non-hydrogen) atoms. The largest absolute Gasteiger partial charge is 0.375 e. The second-order valence-corrected chi connectivity index (χ2v) is 7.47. The van der Waals surface area contributed by atoms with E-state index in [0.717, 1.165) is 19.6 Å². The molecule has 2 aromatic rings. The van der Waals surface area contributed by atoms with Crippen molar-refractivity contribution in [2.75, 3.05) is 25.4 Å². The number of likely N-dealkylation sites (tertiary alicyclic amines) is 1. The Kier molecular flexibility index (Phi) is 3.58. The number of rotatable bonds is 2. The number of anilines is 1. The maximum atomic E-state index is 13.0. The quantitative estimate of drug-likeness (QED) is 0.885. The van der Waals surface area contributed by atoms with E-state index < -0.39 is 0 Å². The molecular weight excluding hydrogens is 308 g/mol. The molecule has 2 fully saturated rings. The van der Waals surface area contributed by atoms with Crippen LogP contribution in [0.25, 0.3) is 0 Å². The van der Waals surface area contributed by atoms with E-state index in [1.165, 1.54) is 22.5 Å².